The maximum atomic E-state index is 11.5. The second-order valence-electron chi connectivity index (χ2n) is 6.27. The molecule has 5 heteroatoms. The van der Waals surface area contributed by atoms with Crippen molar-refractivity contribution in [2.45, 2.75) is 77.2 Å². The molecule has 1 heterocycles. The molecule has 1 rings (SSSR count). The number of aliphatic carboxylic acids is 1. The third kappa shape index (κ3) is 5.77. The van der Waals surface area contributed by atoms with E-state index in [1.54, 1.807) is 6.92 Å². The van der Waals surface area contributed by atoms with E-state index in [9.17, 15) is 9.90 Å². The summed E-state index contributed by atoms with van der Waals surface area (Å²) < 4.78 is 11.4. The zero-order chi connectivity index (χ0) is 15.2. The lowest BCUT2D eigenvalue weighted by molar-refractivity contribution is -0.146. The highest BCUT2D eigenvalue weighted by molar-refractivity contribution is 5.78. The van der Waals surface area contributed by atoms with Crippen molar-refractivity contribution in [3.8, 4) is 0 Å². The quantitative estimate of drug-likeness (QED) is 0.716. The summed E-state index contributed by atoms with van der Waals surface area (Å²) in [4.78, 5) is 11.5. The Labute approximate surface area is 122 Å². The number of carboxylic acids is 1. The summed E-state index contributed by atoms with van der Waals surface area (Å²) in [6.45, 7) is 8.90. The summed E-state index contributed by atoms with van der Waals surface area (Å²) in [6.07, 6.45) is 3.83. The fourth-order valence-corrected chi connectivity index (χ4v) is 2.69. The number of hydrogen-bond donors (Lipinski definition) is 2. The van der Waals surface area contributed by atoms with Crippen LogP contribution in [-0.4, -0.2) is 48.1 Å². The molecule has 0 radical (unpaired) electrons. The Morgan fingerprint density at radius 2 is 2.15 bits per heavy atom. The Morgan fingerprint density at radius 3 is 2.65 bits per heavy atom. The highest BCUT2D eigenvalue weighted by Crippen LogP contribution is 2.18. The van der Waals surface area contributed by atoms with E-state index >= 15 is 0 Å². The third-order valence-corrected chi connectivity index (χ3v) is 3.62. The van der Waals surface area contributed by atoms with Gasteiger partial charge in [-0.05, 0) is 47.0 Å². The lowest BCUT2D eigenvalue weighted by Crippen LogP contribution is -2.54. The Hall–Kier alpha value is -0.650. The number of nitrogens with one attached hydrogen (secondary N) is 1. The zero-order valence-electron chi connectivity index (χ0n) is 13.1. The van der Waals surface area contributed by atoms with E-state index in [4.69, 9.17) is 9.47 Å². The number of rotatable bonds is 8. The molecule has 1 fully saturated rings. The van der Waals surface area contributed by atoms with Crippen LogP contribution in [0.15, 0.2) is 0 Å². The van der Waals surface area contributed by atoms with E-state index in [1.165, 1.54) is 6.42 Å². The lowest BCUT2D eigenvalue weighted by Gasteiger charge is -2.32. The monoisotopic (exact) mass is 287 g/mol. The van der Waals surface area contributed by atoms with Crippen LogP contribution < -0.4 is 5.32 Å². The van der Waals surface area contributed by atoms with Crippen molar-refractivity contribution in [3.63, 3.8) is 0 Å². The fourth-order valence-electron chi connectivity index (χ4n) is 2.69. The van der Waals surface area contributed by atoms with Crippen LogP contribution in [0.1, 0.15) is 53.4 Å². The molecule has 1 aliphatic heterocycles. The van der Waals surface area contributed by atoms with Crippen molar-refractivity contribution in [2.24, 2.45) is 0 Å². The summed E-state index contributed by atoms with van der Waals surface area (Å²) in [6, 6.07) is 0.116. The normalized spacial score (nSPS) is 24.4. The first-order chi connectivity index (χ1) is 9.33. The van der Waals surface area contributed by atoms with Gasteiger partial charge in [0.2, 0.25) is 0 Å². The molecule has 0 aromatic carbocycles. The van der Waals surface area contributed by atoms with Crippen molar-refractivity contribution in [1.29, 1.82) is 0 Å². The van der Waals surface area contributed by atoms with E-state index in [-0.39, 0.29) is 18.2 Å². The number of hydrogen-bond acceptors (Lipinski definition) is 4. The van der Waals surface area contributed by atoms with Gasteiger partial charge in [-0.25, -0.2) is 0 Å². The van der Waals surface area contributed by atoms with Gasteiger partial charge in [0.1, 0.15) is 5.54 Å². The van der Waals surface area contributed by atoms with E-state index in [1.807, 2.05) is 20.8 Å². The Kier molecular flexibility index (Phi) is 6.92. The molecule has 20 heavy (non-hydrogen) atoms. The molecule has 0 spiro atoms. The summed E-state index contributed by atoms with van der Waals surface area (Å²) in [7, 11) is 0. The van der Waals surface area contributed by atoms with Crippen LogP contribution in [0.2, 0.25) is 0 Å². The van der Waals surface area contributed by atoms with Gasteiger partial charge in [0, 0.05) is 19.1 Å². The van der Waals surface area contributed by atoms with Gasteiger partial charge in [0.15, 0.2) is 0 Å². The summed E-state index contributed by atoms with van der Waals surface area (Å²) in [5.74, 6) is -0.837. The van der Waals surface area contributed by atoms with Crippen LogP contribution in [0.25, 0.3) is 0 Å². The van der Waals surface area contributed by atoms with Crippen molar-refractivity contribution in [2.75, 3.05) is 13.2 Å². The van der Waals surface area contributed by atoms with Crippen molar-refractivity contribution in [1.82, 2.24) is 5.32 Å². The molecular formula is C15H29NO4. The minimum absolute atomic E-state index is 0.116. The molecule has 0 amide bonds. The molecular weight excluding hydrogens is 258 g/mol. The minimum Gasteiger partial charge on any atom is -0.480 e. The highest BCUT2D eigenvalue weighted by Gasteiger charge is 2.35. The molecule has 118 valence electrons. The highest BCUT2D eigenvalue weighted by atomic mass is 16.5. The maximum Gasteiger partial charge on any atom is 0.323 e. The predicted octanol–water partition coefficient (Wildman–Crippen LogP) is 2.19. The van der Waals surface area contributed by atoms with Gasteiger partial charge in [-0.1, -0.05) is 0 Å². The number of ether oxygens (including phenoxy) is 2. The zero-order valence-corrected chi connectivity index (χ0v) is 13.1. The SMILES string of the molecule is CC(C)NC(C)(CC(C)OCC1CCCCO1)C(=O)O. The Morgan fingerprint density at radius 1 is 1.45 bits per heavy atom. The number of carbonyl (C=O) groups is 1. The molecule has 0 aromatic heterocycles. The standard InChI is InChI=1S/C15H29NO4/c1-11(2)16-15(4,14(17)18)9-12(3)20-10-13-7-5-6-8-19-13/h11-13,16H,5-10H2,1-4H3,(H,17,18). The van der Waals surface area contributed by atoms with Crippen LogP contribution >= 0.6 is 0 Å². The maximum absolute atomic E-state index is 11.5. The van der Waals surface area contributed by atoms with Crippen LogP contribution in [0, 0.1) is 0 Å². The smallest absolute Gasteiger partial charge is 0.323 e. The topological polar surface area (TPSA) is 67.8 Å². The van der Waals surface area contributed by atoms with Gasteiger partial charge in [-0.3, -0.25) is 10.1 Å². The molecule has 2 N–H and O–H groups in total. The average molecular weight is 287 g/mol. The second kappa shape index (κ2) is 7.96. The number of carboxylic acid groups (broad SMARTS) is 1. The molecule has 3 atom stereocenters. The van der Waals surface area contributed by atoms with Crippen LogP contribution in [0.4, 0.5) is 0 Å². The molecule has 1 aliphatic rings. The third-order valence-electron chi connectivity index (χ3n) is 3.62. The van der Waals surface area contributed by atoms with Crippen LogP contribution in [-0.2, 0) is 14.3 Å². The first-order valence-electron chi connectivity index (χ1n) is 7.58. The van der Waals surface area contributed by atoms with Gasteiger partial charge < -0.3 is 14.6 Å². The molecule has 1 saturated heterocycles. The first kappa shape index (κ1) is 17.4. The van der Waals surface area contributed by atoms with Gasteiger partial charge in [0.25, 0.3) is 0 Å². The van der Waals surface area contributed by atoms with Crippen molar-refractivity contribution in [3.05, 3.63) is 0 Å². The van der Waals surface area contributed by atoms with E-state index < -0.39 is 11.5 Å². The first-order valence-corrected chi connectivity index (χ1v) is 7.58. The van der Waals surface area contributed by atoms with Crippen LogP contribution in [0.3, 0.4) is 0 Å². The van der Waals surface area contributed by atoms with Gasteiger partial charge >= 0.3 is 5.97 Å². The van der Waals surface area contributed by atoms with Gasteiger partial charge in [-0.2, -0.15) is 0 Å². The largest absolute Gasteiger partial charge is 0.480 e. The fraction of sp³-hybridized carbons (Fsp3) is 0.933. The molecule has 0 bridgehead atoms. The predicted molar refractivity (Wildman–Crippen MR) is 77.9 cm³/mol. The van der Waals surface area contributed by atoms with E-state index in [0.29, 0.717) is 13.0 Å². The van der Waals surface area contributed by atoms with Gasteiger partial charge in [-0.15, -0.1) is 0 Å². The van der Waals surface area contributed by atoms with Crippen molar-refractivity contribution < 1.29 is 19.4 Å². The molecule has 5 nitrogen and oxygen atoms in total. The summed E-state index contributed by atoms with van der Waals surface area (Å²) >= 11 is 0. The van der Waals surface area contributed by atoms with Crippen molar-refractivity contribution >= 4 is 5.97 Å². The Balaban J connectivity index is 2.40. The molecule has 0 saturated carbocycles. The van der Waals surface area contributed by atoms with E-state index in [0.717, 1.165) is 19.4 Å². The lowest BCUT2D eigenvalue weighted by atomic mass is 9.94. The molecule has 0 aromatic rings. The minimum atomic E-state index is -0.957. The molecule has 0 aliphatic carbocycles. The van der Waals surface area contributed by atoms with Gasteiger partial charge in [0.05, 0.1) is 18.8 Å². The average Bonchev–Trinajstić information content (AvgIpc) is 2.36. The second-order valence-corrected chi connectivity index (χ2v) is 6.27. The summed E-state index contributed by atoms with van der Waals surface area (Å²) in [5, 5.41) is 12.5. The Bertz CT molecular complexity index is 302. The van der Waals surface area contributed by atoms with Crippen LogP contribution in [0.5, 0.6) is 0 Å². The van der Waals surface area contributed by atoms with E-state index in [2.05, 4.69) is 5.32 Å². The summed E-state index contributed by atoms with van der Waals surface area (Å²) in [5.41, 5.74) is -0.957. The molecule has 3 unspecified atom stereocenters.